The van der Waals surface area contributed by atoms with Crippen molar-refractivity contribution in [2.75, 3.05) is 6.54 Å². The van der Waals surface area contributed by atoms with E-state index in [1.54, 1.807) is 12.5 Å². The average Bonchev–Trinajstić information content (AvgIpc) is 1.89. The van der Waals surface area contributed by atoms with E-state index < -0.39 is 0 Å². The van der Waals surface area contributed by atoms with E-state index in [2.05, 4.69) is 18.5 Å². The van der Waals surface area contributed by atoms with E-state index in [9.17, 15) is 0 Å². The van der Waals surface area contributed by atoms with Crippen LogP contribution in [0.25, 0.3) is 0 Å². The topological polar surface area (TPSA) is 15.6 Å². The second-order valence-electron chi connectivity index (χ2n) is 1.86. The zero-order valence-corrected chi connectivity index (χ0v) is 5.54. The smallest absolute Gasteiger partial charge is 0.0949 e. The molecule has 1 aliphatic heterocycles. The molecular formula is C7H10N2. The summed E-state index contributed by atoms with van der Waals surface area (Å²) in [6.45, 7) is 6.82. The summed E-state index contributed by atoms with van der Waals surface area (Å²) in [7, 11) is 0. The fourth-order valence-corrected chi connectivity index (χ4v) is 0.703. The third kappa shape index (κ3) is 1.19. The Labute approximate surface area is 55.2 Å². The van der Waals surface area contributed by atoms with Crippen LogP contribution in [0.1, 0.15) is 6.92 Å². The molecule has 0 aromatic rings. The summed E-state index contributed by atoms with van der Waals surface area (Å²) in [6.07, 6.45) is 5.42. The van der Waals surface area contributed by atoms with Crippen molar-refractivity contribution in [3.63, 3.8) is 0 Å². The molecule has 0 unspecified atom stereocenters. The van der Waals surface area contributed by atoms with Crippen molar-refractivity contribution in [2.24, 2.45) is 4.99 Å². The van der Waals surface area contributed by atoms with Crippen LogP contribution in [0, 0.1) is 0 Å². The largest absolute Gasteiger partial charge is 0.333 e. The monoisotopic (exact) mass is 122 g/mol. The summed E-state index contributed by atoms with van der Waals surface area (Å²) < 4.78 is 0. The first kappa shape index (κ1) is 6.08. The molecule has 0 amide bonds. The first-order valence-corrected chi connectivity index (χ1v) is 3.00. The zero-order valence-electron chi connectivity index (χ0n) is 5.54. The van der Waals surface area contributed by atoms with Crippen LogP contribution in [0.3, 0.4) is 0 Å². The summed E-state index contributed by atoms with van der Waals surface area (Å²) in [5.41, 5.74) is 1.01. The van der Waals surface area contributed by atoms with Crippen molar-refractivity contribution in [3.8, 4) is 0 Å². The van der Waals surface area contributed by atoms with Crippen molar-refractivity contribution in [2.45, 2.75) is 6.92 Å². The Hall–Kier alpha value is -1.05. The molecule has 0 bridgehead atoms. The van der Waals surface area contributed by atoms with E-state index in [4.69, 9.17) is 0 Å². The Kier molecular flexibility index (Phi) is 1.68. The van der Waals surface area contributed by atoms with Gasteiger partial charge in [-0.15, -0.1) is 0 Å². The number of allylic oxidation sites excluding steroid dienone is 1. The normalized spacial score (nSPS) is 17.0. The Morgan fingerprint density at radius 1 is 1.78 bits per heavy atom. The van der Waals surface area contributed by atoms with Gasteiger partial charge in [0.1, 0.15) is 0 Å². The molecule has 0 radical (unpaired) electrons. The first-order chi connectivity index (χ1) is 4.34. The highest BCUT2D eigenvalue weighted by Crippen LogP contribution is 2.03. The molecule has 48 valence electrons. The van der Waals surface area contributed by atoms with Crippen LogP contribution in [0.2, 0.25) is 0 Å². The van der Waals surface area contributed by atoms with E-state index in [-0.39, 0.29) is 0 Å². The maximum absolute atomic E-state index is 3.94. The van der Waals surface area contributed by atoms with Gasteiger partial charge in [0, 0.05) is 18.4 Å². The molecule has 0 aromatic carbocycles. The van der Waals surface area contributed by atoms with Crippen molar-refractivity contribution >= 4 is 6.34 Å². The molecule has 1 heterocycles. The Bertz CT molecular complexity index is 168. The zero-order chi connectivity index (χ0) is 6.69. The Morgan fingerprint density at radius 3 is 3.00 bits per heavy atom. The lowest BCUT2D eigenvalue weighted by Crippen LogP contribution is -2.20. The van der Waals surface area contributed by atoms with Crippen molar-refractivity contribution in [1.82, 2.24) is 4.90 Å². The standard InChI is InChI=1S/C7H10N2/c1-3-9-6-8-5-4-7(9)2/h4-6H,2-3H2,1H3. The minimum Gasteiger partial charge on any atom is -0.333 e. The third-order valence-corrected chi connectivity index (χ3v) is 1.27. The molecule has 0 aliphatic carbocycles. The maximum Gasteiger partial charge on any atom is 0.0949 e. The molecule has 0 saturated heterocycles. The highest BCUT2D eigenvalue weighted by Gasteiger charge is 1.99. The Balaban J connectivity index is 2.66. The summed E-state index contributed by atoms with van der Waals surface area (Å²) >= 11 is 0. The van der Waals surface area contributed by atoms with Gasteiger partial charge in [-0.05, 0) is 13.0 Å². The highest BCUT2D eigenvalue weighted by atomic mass is 15.2. The predicted molar refractivity (Wildman–Crippen MR) is 39.2 cm³/mol. The van der Waals surface area contributed by atoms with E-state index in [1.165, 1.54) is 0 Å². The van der Waals surface area contributed by atoms with Gasteiger partial charge in [0.15, 0.2) is 0 Å². The van der Waals surface area contributed by atoms with Gasteiger partial charge in [-0.25, -0.2) is 4.99 Å². The van der Waals surface area contributed by atoms with E-state index in [0.29, 0.717) is 0 Å². The molecule has 0 atom stereocenters. The van der Waals surface area contributed by atoms with Gasteiger partial charge in [0.25, 0.3) is 0 Å². The van der Waals surface area contributed by atoms with Crippen LogP contribution in [-0.4, -0.2) is 17.8 Å². The number of aliphatic imine (C=N–C) groups is 1. The number of nitrogens with zero attached hydrogens (tertiary/aromatic N) is 2. The van der Waals surface area contributed by atoms with Gasteiger partial charge in [0.2, 0.25) is 0 Å². The molecule has 2 nitrogen and oxygen atoms in total. The molecule has 2 heteroatoms. The predicted octanol–water partition coefficient (Wildman–Crippen LogP) is 1.38. The van der Waals surface area contributed by atoms with Crippen LogP contribution in [0.15, 0.2) is 29.5 Å². The van der Waals surface area contributed by atoms with Crippen LogP contribution >= 0.6 is 0 Å². The molecular weight excluding hydrogens is 112 g/mol. The molecule has 0 fully saturated rings. The summed E-state index contributed by atoms with van der Waals surface area (Å²) in [5.74, 6) is 0. The van der Waals surface area contributed by atoms with Crippen LogP contribution < -0.4 is 0 Å². The van der Waals surface area contributed by atoms with Crippen LogP contribution in [0.4, 0.5) is 0 Å². The molecule has 1 aliphatic rings. The SMILES string of the molecule is C=C1C=CN=CN1CC. The molecule has 0 spiro atoms. The lowest BCUT2D eigenvalue weighted by atomic mass is 10.4. The quantitative estimate of drug-likeness (QED) is 0.513. The number of hydrogen-bond acceptors (Lipinski definition) is 2. The minimum atomic E-state index is 0.937. The highest BCUT2D eigenvalue weighted by molar-refractivity contribution is 5.61. The first-order valence-electron chi connectivity index (χ1n) is 3.00. The van der Waals surface area contributed by atoms with Crippen molar-refractivity contribution in [3.05, 3.63) is 24.6 Å². The number of likely N-dealkylation sites (N-methyl/N-ethyl adjacent to an activating group) is 1. The average molecular weight is 122 g/mol. The summed E-state index contributed by atoms with van der Waals surface area (Å²) in [6, 6.07) is 0. The fourth-order valence-electron chi connectivity index (χ4n) is 0.703. The Morgan fingerprint density at radius 2 is 2.56 bits per heavy atom. The number of rotatable bonds is 1. The number of hydrogen-bond donors (Lipinski definition) is 0. The molecule has 1 rings (SSSR count). The van der Waals surface area contributed by atoms with Gasteiger partial charge < -0.3 is 4.90 Å². The van der Waals surface area contributed by atoms with Crippen molar-refractivity contribution in [1.29, 1.82) is 0 Å². The molecule has 0 saturated carbocycles. The van der Waals surface area contributed by atoms with E-state index in [0.717, 1.165) is 12.2 Å². The molecule has 0 aromatic heterocycles. The second kappa shape index (κ2) is 2.49. The summed E-state index contributed by atoms with van der Waals surface area (Å²) in [5, 5.41) is 0. The van der Waals surface area contributed by atoms with Crippen LogP contribution in [-0.2, 0) is 0 Å². The van der Waals surface area contributed by atoms with Gasteiger partial charge in [-0.3, -0.25) is 0 Å². The van der Waals surface area contributed by atoms with Gasteiger partial charge >= 0.3 is 0 Å². The van der Waals surface area contributed by atoms with E-state index in [1.807, 2.05) is 11.0 Å². The van der Waals surface area contributed by atoms with Crippen molar-refractivity contribution < 1.29 is 0 Å². The lowest BCUT2D eigenvalue weighted by Gasteiger charge is -2.18. The van der Waals surface area contributed by atoms with Gasteiger partial charge in [-0.2, -0.15) is 0 Å². The second-order valence-corrected chi connectivity index (χ2v) is 1.86. The lowest BCUT2D eigenvalue weighted by molar-refractivity contribution is 0.572. The molecule has 9 heavy (non-hydrogen) atoms. The maximum atomic E-state index is 3.94. The van der Waals surface area contributed by atoms with Gasteiger partial charge in [0.05, 0.1) is 6.34 Å². The third-order valence-electron chi connectivity index (χ3n) is 1.27. The minimum absolute atomic E-state index is 0.937. The summed E-state index contributed by atoms with van der Waals surface area (Å²) in [4.78, 5) is 5.93. The van der Waals surface area contributed by atoms with E-state index >= 15 is 0 Å². The van der Waals surface area contributed by atoms with Gasteiger partial charge in [-0.1, -0.05) is 6.58 Å². The molecule has 0 N–H and O–H groups in total. The van der Waals surface area contributed by atoms with Crippen LogP contribution in [0.5, 0.6) is 0 Å². The fraction of sp³-hybridized carbons (Fsp3) is 0.286.